The molecule has 0 aromatic heterocycles. The number of carboxylic acid groups (broad SMARTS) is 1. The summed E-state index contributed by atoms with van der Waals surface area (Å²) in [5, 5.41) is 10.6. The standard InChI is InChI=1S/C10H12FNO2.C9H12FN/c1-7-2-3-9(11)6-8(7)4-5-12-10(13)14;1-7-2-3-9(10)6-8(7)4-5-11/h2-3,6,12H,4-5H2,1H3,(H,13,14);2-3,6H,4-5,11H2,1H3. The predicted octanol–water partition coefficient (Wildman–Crippen LogP) is 3.58. The number of aryl methyl sites for hydroxylation is 2. The van der Waals surface area contributed by atoms with Crippen LogP contribution >= 0.6 is 0 Å². The molecule has 2 rings (SSSR count). The van der Waals surface area contributed by atoms with Crippen LogP contribution in [0.15, 0.2) is 36.4 Å². The van der Waals surface area contributed by atoms with Crippen LogP contribution in [0.3, 0.4) is 0 Å². The molecule has 25 heavy (non-hydrogen) atoms. The van der Waals surface area contributed by atoms with Gasteiger partial charge in [-0.15, -0.1) is 0 Å². The summed E-state index contributed by atoms with van der Waals surface area (Å²) in [6.07, 6.45) is 0.207. The first-order valence-electron chi connectivity index (χ1n) is 8.00. The highest BCUT2D eigenvalue weighted by atomic mass is 19.1. The fourth-order valence-corrected chi connectivity index (χ4v) is 2.28. The Bertz CT molecular complexity index is 706. The number of halogens is 2. The Kier molecular flexibility index (Phi) is 8.56. The molecule has 0 saturated carbocycles. The van der Waals surface area contributed by atoms with Gasteiger partial charge in [-0.05, 0) is 79.8 Å². The van der Waals surface area contributed by atoms with Crippen molar-refractivity contribution in [3.05, 3.63) is 70.3 Å². The Morgan fingerprint density at radius 1 is 1.00 bits per heavy atom. The molecule has 1 amide bonds. The zero-order chi connectivity index (χ0) is 18.8. The maximum Gasteiger partial charge on any atom is 0.404 e. The van der Waals surface area contributed by atoms with Gasteiger partial charge in [0.05, 0.1) is 0 Å². The van der Waals surface area contributed by atoms with Gasteiger partial charge in [0.15, 0.2) is 0 Å². The SMILES string of the molecule is Cc1ccc(F)cc1CCN.Cc1ccc(F)cc1CCNC(=O)O. The molecule has 2 aromatic rings. The highest BCUT2D eigenvalue weighted by Gasteiger charge is 2.01. The Hall–Kier alpha value is -2.47. The Labute approximate surface area is 146 Å². The van der Waals surface area contributed by atoms with Crippen molar-refractivity contribution in [2.24, 2.45) is 5.73 Å². The van der Waals surface area contributed by atoms with Crippen LogP contribution in [0.25, 0.3) is 0 Å². The molecule has 0 bridgehead atoms. The summed E-state index contributed by atoms with van der Waals surface area (Å²) in [7, 11) is 0. The minimum Gasteiger partial charge on any atom is -0.465 e. The van der Waals surface area contributed by atoms with Gasteiger partial charge < -0.3 is 16.2 Å². The zero-order valence-corrected chi connectivity index (χ0v) is 14.5. The van der Waals surface area contributed by atoms with Gasteiger partial charge in [-0.25, -0.2) is 13.6 Å². The summed E-state index contributed by atoms with van der Waals surface area (Å²) in [6.45, 7) is 4.71. The van der Waals surface area contributed by atoms with Gasteiger partial charge in [-0.2, -0.15) is 0 Å². The largest absolute Gasteiger partial charge is 0.465 e. The number of benzene rings is 2. The average Bonchev–Trinajstić information content (AvgIpc) is 2.55. The third-order valence-electron chi connectivity index (χ3n) is 3.71. The van der Waals surface area contributed by atoms with Crippen molar-refractivity contribution in [3.8, 4) is 0 Å². The highest BCUT2D eigenvalue weighted by molar-refractivity contribution is 5.64. The van der Waals surface area contributed by atoms with E-state index in [4.69, 9.17) is 10.8 Å². The van der Waals surface area contributed by atoms with Gasteiger partial charge in [-0.3, -0.25) is 0 Å². The van der Waals surface area contributed by atoms with Crippen LogP contribution in [-0.2, 0) is 12.8 Å². The van der Waals surface area contributed by atoms with Crippen LogP contribution < -0.4 is 11.1 Å². The van der Waals surface area contributed by atoms with Crippen LogP contribution in [0.4, 0.5) is 13.6 Å². The van der Waals surface area contributed by atoms with E-state index in [0.717, 1.165) is 28.7 Å². The number of rotatable bonds is 5. The van der Waals surface area contributed by atoms with Gasteiger partial charge in [0.25, 0.3) is 0 Å². The summed E-state index contributed by atoms with van der Waals surface area (Å²) in [5.74, 6) is -0.472. The van der Waals surface area contributed by atoms with E-state index in [1.54, 1.807) is 18.2 Å². The third kappa shape index (κ3) is 7.76. The first-order chi connectivity index (χ1) is 11.8. The lowest BCUT2D eigenvalue weighted by molar-refractivity contribution is 0.194. The molecule has 0 saturated heterocycles. The molecule has 0 heterocycles. The lowest BCUT2D eigenvalue weighted by Crippen LogP contribution is -2.23. The molecular weight excluding hydrogens is 326 g/mol. The second-order valence-electron chi connectivity index (χ2n) is 5.66. The van der Waals surface area contributed by atoms with Crippen molar-refractivity contribution >= 4 is 6.09 Å². The fourth-order valence-electron chi connectivity index (χ4n) is 2.28. The maximum absolute atomic E-state index is 12.8. The molecule has 0 radical (unpaired) electrons. The Morgan fingerprint density at radius 2 is 1.48 bits per heavy atom. The van der Waals surface area contributed by atoms with E-state index in [2.05, 4.69) is 5.32 Å². The van der Waals surface area contributed by atoms with Crippen molar-refractivity contribution < 1.29 is 18.7 Å². The van der Waals surface area contributed by atoms with Crippen molar-refractivity contribution in [2.45, 2.75) is 26.7 Å². The van der Waals surface area contributed by atoms with Gasteiger partial charge in [0, 0.05) is 6.54 Å². The minimum absolute atomic E-state index is 0.181. The number of hydrogen-bond acceptors (Lipinski definition) is 2. The van der Waals surface area contributed by atoms with Gasteiger partial charge in [-0.1, -0.05) is 12.1 Å². The Morgan fingerprint density at radius 3 is 1.92 bits per heavy atom. The first-order valence-corrected chi connectivity index (χ1v) is 8.00. The molecule has 0 atom stereocenters. The van der Waals surface area contributed by atoms with E-state index in [-0.39, 0.29) is 11.6 Å². The van der Waals surface area contributed by atoms with E-state index < -0.39 is 6.09 Å². The summed E-state index contributed by atoms with van der Waals surface area (Å²) in [5.41, 5.74) is 9.28. The van der Waals surface area contributed by atoms with E-state index in [1.165, 1.54) is 18.2 Å². The summed E-state index contributed by atoms with van der Waals surface area (Å²) in [6, 6.07) is 9.30. The third-order valence-corrected chi connectivity index (χ3v) is 3.71. The monoisotopic (exact) mass is 350 g/mol. The topological polar surface area (TPSA) is 75.3 Å². The molecule has 0 spiro atoms. The molecule has 0 fully saturated rings. The molecule has 0 aliphatic rings. The highest BCUT2D eigenvalue weighted by Crippen LogP contribution is 2.10. The second-order valence-corrected chi connectivity index (χ2v) is 5.66. The normalized spacial score (nSPS) is 9.96. The Balaban J connectivity index is 0.000000257. The van der Waals surface area contributed by atoms with Crippen molar-refractivity contribution in [1.82, 2.24) is 5.32 Å². The summed E-state index contributed by atoms with van der Waals surface area (Å²) in [4.78, 5) is 10.2. The molecule has 136 valence electrons. The molecule has 6 heteroatoms. The second kappa shape index (κ2) is 10.4. The van der Waals surface area contributed by atoms with Crippen molar-refractivity contribution in [1.29, 1.82) is 0 Å². The van der Waals surface area contributed by atoms with Crippen LogP contribution in [0.2, 0.25) is 0 Å². The fraction of sp³-hybridized carbons (Fsp3) is 0.316. The van der Waals surface area contributed by atoms with Gasteiger partial charge in [0.2, 0.25) is 0 Å². The van der Waals surface area contributed by atoms with Crippen LogP contribution in [-0.4, -0.2) is 24.3 Å². The number of hydrogen-bond donors (Lipinski definition) is 3. The lowest BCUT2D eigenvalue weighted by atomic mass is 10.1. The average molecular weight is 350 g/mol. The van der Waals surface area contributed by atoms with E-state index in [0.29, 0.717) is 19.5 Å². The van der Waals surface area contributed by atoms with E-state index in [9.17, 15) is 13.6 Å². The zero-order valence-electron chi connectivity index (χ0n) is 14.5. The quantitative estimate of drug-likeness (QED) is 0.771. The van der Waals surface area contributed by atoms with Gasteiger partial charge in [0.1, 0.15) is 11.6 Å². The molecular formula is C19H24F2N2O2. The number of nitrogens with two attached hydrogens (primary N) is 1. The van der Waals surface area contributed by atoms with Crippen LogP contribution in [0.5, 0.6) is 0 Å². The molecule has 2 aromatic carbocycles. The first kappa shape index (κ1) is 20.6. The lowest BCUT2D eigenvalue weighted by Gasteiger charge is -2.05. The minimum atomic E-state index is -1.06. The predicted molar refractivity (Wildman–Crippen MR) is 94.8 cm³/mol. The van der Waals surface area contributed by atoms with E-state index in [1.807, 2.05) is 13.8 Å². The van der Waals surface area contributed by atoms with Crippen molar-refractivity contribution in [2.75, 3.05) is 13.1 Å². The molecule has 4 N–H and O–H groups in total. The van der Waals surface area contributed by atoms with Crippen LogP contribution in [0, 0.1) is 25.5 Å². The molecule has 4 nitrogen and oxygen atoms in total. The van der Waals surface area contributed by atoms with Crippen LogP contribution in [0.1, 0.15) is 22.3 Å². The molecule has 0 unspecified atom stereocenters. The number of nitrogens with one attached hydrogen (secondary N) is 1. The smallest absolute Gasteiger partial charge is 0.404 e. The van der Waals surface area contributed by atoms with E-state index >= 15 is 0 Å². The maximum atomic E-state index is 12.8. The van der Waals surface area contributed by atoms with Gasteiger partial charge >= 0.3 is 6.09 Å². The summed E-state index contributed by atoms with van der Waals surface area (Å²) >= 11 is 0. The molecule has 0 aliphatic heterocycles. The number of amides is 1. The summed E-state index contributed by atoms with van der Waals surface area (Å²) < 4.78 is 25.4. The van der Waals surface area contributed by atoms with Crippen molar-refractivity contribution in [3.63, 3.8) is 0 Å². The molecule has 0 aliphatic carbocycles. The number of carbonyl (C=O) groups is 1.